The van der Waals surface area contributed by atoms with Crippen LogP contribution in [0.1, 0.15) is 10.4 Å². The number of carbonyl (C=O) groups is 1. The molecule has 0 radical (unpaired) electrons. The van der Waals surface area contributed by atoms with Gasteiger partial charge in [0.2, 0.25) is 0 Å². The van der Waals surface area contributed by atoms with Gasteiger partial charge in [-0.05, 0) is 12.1 Å². The van der Waals surface area contributed by atoms with E-state index in [0.29, 0.717) is 18.7 Å². The second kappa shape index (κ2) is 9.00. The lowest BCUT2D eigenvalue weighted by Gasteiger charge is -2.15. The first-order valence-corrected chi connectivity index (χ1v) is 13.3. The van der Waals surface area contributed by atoms with Gasteiger partial charge in [-0.1, -0.05) is 19.6 Å². The van der Waals surface area contributed by atoms with Crippen molar-refractivity contribution in [3.8, 4) is 11.5 Å². The summed E-state index contributed by atoms with van der Waals surface area (Å²) in [4.78, 5) is 25.8. The number of non-ortho nitro benzene ring substituents is 1. The molecule has 3 aromatic rings. The standard InChI is InChI=1S/C20H21F2N3O6Si/c1-32(2,3)7-6-30-11-24-10-13(20(26)27)17-16(4-5-23-19(17)24)31-18-14(21)8-12(25(28)29)9-15(18)22/h4-5,8-10H,6-7,11H2,1-3H3,(H,26,27). The summed E-state index contributed by atoms with van der Waals surface area (Å²) in [6, 6.07) is 3.21. The van der Waals surface area contributed by atoms with Gasteiger partial charge in [0.15, 0.2) is 17.4 Å². The molecule has 0 saturated carbocycles. The van der Waals surface area contributed by atoms with Crippen molar-refractivity contribution in [3.63, 3.8) is 0 Å². The molecule has 2 aromatic heterocycles. The molecule has 12 heteroatoms. The highest BCUT2D eigenvalue weighted by atomic mass is 28.3. The maximum absolute atomic E-state index is 14.3. The zero-order valence-corrected chi connectivity index (χ0v) is 18.6. The smallest absolute Gasteiger partial charge is 0.338 e. The molecule has 0 unspecified atom stereocenters. The van der Waals surface area contributed by atoms with E-state index in [0.717, 1.165) is 6.04 Å². The minimum Gasteiger partial charge on any atom is -0.478 e. The van der Waals surface area contributed by atoms with Gasteiger partial charge in [0.25, 0.3) is 5.69 Å². The lowest BCUT2D eigenvalue weighted by Crippen LogP contribution is -2.22. The average molecular weight is 465 g/mol. The molecule has 0 atom stereocenters. The Balaban J connectivity index is 1.98. The SMILES string of the molecule is C[Si](C)(C)CCOCn1cc(C(=O)O)c2c(Oc3c(F)cc([N+](=O)[O-])cc3F)ccnc21. The van der Waals surface area contributed by atoms with Crippen LogP contribution in [-0.2, 0) is 11.5 Å². The van der Waals surface area contributed by atoms with E-state index in [1.54, 1.807) is 0 Å². The van der Waals surface area contributed by atoms with Crippen LogP contribution >= 0.6 is 0 Å². The predicted octanol–water partition coefficient (Wildman–Crippen LogP) is 5.03. The van der Waals surface area contributed by atoms with E-state index in [9.17, 15) is 28.8 Å². The number of aromatic carboxylic acids is 1. The molecule has 1 N–H and O–H groups in total. The van der Waals surface area contributed by atoms with E-state index in [4.69, 9.17) is 9.47 Å². The van der Waals surface area contributed by atoms with Crippen LogP contribution in [-0.4, -0.2) is 40.2 Å². The zero-order valence-electron chi connectivity index (χ0n) is 17.6. The van der Waals surface area contributed by atoms with Crippen LogP contribution in [0.25, 0.3) is 11.0 Å². The number of benzene rings is 1. The lowest BCUT2D eigenvalue weighted by molar-refractivity contribution is -0.385. The van der Waals surface area contributed by atoms with Crippen molar-refractivity contribution in [3.05, 3.63) is 57.9 Å². The molecule has 170 valence electrons. The van der Waals surface area contributed by atoms with Gasteiger partial charge < -0.3 is 19.1 Å². The normalized spacial score (nSPS) is 11.7. The first kappa shape index (κ1) is 23.3. The van der Waals surface area contributed by atoms with Crippen molar-refractivity contribution in [1.82, 2.24) is 9.55 Å². The summed E-state index contributed by atoms with van der Waals surface area (Å²) in [5.41, 5.74) is -0.782. The van der Waals surface area contributed by atoms with E-state index < -0.39 is 42.0 Å². The van der Waals surface area contributed by atoms with Crippen molar-refractivity contribution in [1.29, 1.82) is 0 Å². The Morgan fingerprint density at radius 2 is 1.94 bits per heavy atom. The molecule has 0 aliphatic heterocycles. The van der Waals surface area contributed by atoms with Crippen LogP contribution in [0.2, 0.25) is 25.7 Å². The molecular weight excluding hydrogens is 444 g/mol. The molecule has 0 fully saturated rings. The summed E-state index contributed by atoms with van der Waals surface area (Å²) in [6.45, 7) is 7.13. The summed E-state index contributed by atoms with van der Waals surface area (Å²) in [5.74, 6) is -4.95. The number of aromatic nitrogens is 2. The monoisotopic (exact) mass is 465 g/mol. The van der Waals surface area contributed by atoms with Gasteiger partial charge in [-0.15, -0.1) is 0 Å². The fraction of sp³-hybridized carbons (Fsp3) is 0.300. The van der Waals surface area contributed by atoms with Gasteiger partial charge >= 0.3 is 5.97 Å². The highest BCUT2D eigenvalue weighted by Gasteiger charge is 2.24. The second-order valence-electron chi connectivity index (χ2n) is 8.27. The summed E-state index contributed by atoms with van der Waals surface area (Å²) in [5, 5.41) is 20.4. The molecule has 0 saturated heterocycles. The Hall–Kier alpha value is -3.38. The lowest BCUT2D eigenvalue weighted by atomic mass is 10.2. The molecule has 32 heavy (non-hydrogen) atoms. The van der Waals surface area contributed by atoms with E-state index in [1.165, 1.54) is 23.0 Å². The molecule has 0 spiro atoms. The highest BCUT2D eigenvalue weighted by molar-refractivity contribution is 6.76. The largest absolute Gasteiger partial charge is 0.478 e. The van der Waals surface area contributed by atoms with Gasteiger partial charge in [-0.2, -0.15) is 0 Å². The Morgan fingerprint density at radius 3 is 2.50 bits per heavy atom. The highest BCUT2D eigenvalue weighted by Crippen LogP contribution is 2.36. The summed E-state index contributed by atoms with van der Waals surface area (Å²) >= 11 is 0. The number of halogens is 2. The molecule has 0 aliphatic carbocycles. The Kier molecular flexibility index (Phi) is 6.55. The molecule has 1 aromatic carbocycles. The first-order chi connectivity index (χ1) is 15.0. The van der Waals surface area contributed by atoms with Crippen molar-refractivity contribution in [2.24, 2.45) is 0 Å². The number of pyridine rings is 1. The molecule has 9 nitrogen and oxygen atoms in total. The minimum atomic E-state index is -1.31. The van der Waals surface area contributed by atoms with Crippen molar-refractivity contribution in [2.45, 2.75) is 32.4 Å². The third-order valence-electron chi connectivity index (χ3n) is 4.58. The Bertz CT molecular complexity index is 1170. The van der Waals surface area contributed by atoms with E-state index in [1.807, 2.05) is 0 Å². The van der Waals surface area contributed by atoms with Crippen LogP contribution in [0.15, 0.2) is 30.6 Å². The fourth-order valence-electron chi connectivity index (χ4n) is 2.93. The van der Waals surface area contributed by atoms with Crippen LogP contribution in [0.5, 0.6) is 11.5 Å². The number of hydrogen-bond acceptors (Lipinski definition) is 6. The van der Waals surface area contributed by atoms with E-state index >= 15 is 0 Å². The number of carboxylic acid groups (broad SMARTS) is 1. The van der Waals surface area contributed by atoms with Crippen molar-refractivity contribution in [2.75, 3.05) is 6.61 Å². The van der Waals surface area contributed by atoms with Crippen LogP contribution in [0.3, 0.4) is 0 Å². The molecular formula is C20H21F2N3O6Si. The van der Waals surface area contributed by atoms with E-state index in [-0.39, 0.29) is 29.1 Å². The number of nitro benzene ring substituents is 1. The van der Waals surface area contributed by atoms with E-state index in [2.05, 4.69) is 24.6 Å². The number of rotatable bonds is 9. The molecule has 3 rings (SSSR count). The fourth-order valence-corrected chi connectivity index (χ4v) is 3.69. The average Bonchev–Trinajstić information content (AvgIpc) is 3.07. The maximum atomic E-state index is 14.3. The van der Waals surface area contributed by atoms with Gasteiger partial charge in [0.1, 0.15) is 18.1 Å². The number of nitro groups is 1. The predicted molar refractivity (Wildman–Crippen MR) is 114 cm³/mol. The molecule has 0 bridgehead atoms. The molecule has 0 aliphatic rings. The topological polar surface area (TPSA) is 117 Å². The number of fused-ring (bicyclic) bond motifs is 1. The zero-order chi connectivity index (χ0) is 23.6. The van der Waals surface area contributed by atoms with Crippen LogP contribution in [0.4, 0.5) is 14.5 Å². The number of hydrogen-bond donors (Lipinski definition) is 1. The quantitative estimate of drug-likeness (QED) is 0.204. The summed E-state index contributed by atoms with van der Waals surface area (Å²) < 4.78 is 41.1. The third kappa shape index (κ3) is 5.08. The number of ether oxygens (including phenoxy) is 2. The second-order valence-corrected chi connectivity index (χ2v) is 13.9. The first-order valence-electron chi connectivity index (χ1n) is 9.58. The summed E-state index contributed by atoms with van der Waals surface area (Å²) in [6.07, 6.45) is 2.60. The Labute approximate surface area is 182 Å². The third-order valence-corrected chi connectivity index (χ3v) is 6.29. The van der Waals surface area contributed by atoms with Crippen LogP contribution in [0, 0.1) is 21.7 Å². The van der Waals surface area contributed by atoms with Crippen molar-refractivity contribution < 1.29 is 33.1 Å². The van der Waals surface area contributed by atoms with Crippen molar-refractivity contribution >= 4 is 30.8 Å². The maximum Gasteiger partial charge on any atom is 0.338 e. The summed E-state index contributed by atoms with van der Waals surface area (Å²) in [7, 11) is -1.31. The molecule has 2 heterocycles. The Morgan fingerprint density at radius 1 is 1.28 bits per heavy atom. The van der Waals surface area contributed by atoms with Gasteiger partial charge in [0, 0.05) is 27.1 Å². The molecule has 0 amide bonds. The van der Waals surface area contributed by atoms with Crippen LogP contribution < -0.4 is 4.74 Å². The number of carboxylic acids is 1. The van der Waals surface area contributed by atoms with Gasteiger partial charge in [-0.25, -0.2) is 18.6 Å². The van der Waals surface area contributed by atoms with Gasteiger partial charge in [-0.3, -0.25) is 10.1 Å². The number of nitrogens with zero attached hydrogens (tertiary/aromatic N) is 3. The minimum absolute atomic E-state index is 0.0194. The van der Waals surface area contributed by atoms with Gasteiger partial charge in [0.05, 0.1) is 28.0 Å².